The molecular formula is C16H19N3O4S. The number of hydrogen-bond acceptors (Lipinski definition) is 5. The molecule has 0 bridgehead atoms. The number of ether oxygens (including phenoxy) is 1. The summed E-state index contributed by atoms with van der Waals surface area (Å²) in [5.74, 6) is 0.0391. The Morgan fingerprint density at radius 3 is 2.62 bits per heavy atom. The van der Waals surface area contributed by atoms with E-state index >= 15 is 0 Å². The van der Waals surface area contributed by atoms with Gasteiger partial charge in [-0.15, -0.1) is 0 Å². The number of carbonyl (C=O) groups excluding carboxylic acids is 1. The van der Waals surface area contributed by atoms with Crippen molar-refractivity contribution in [3.63, 3.8) is 0 Å². The lowest BCUT2D eigenvalue weighted by Gasteiger charge is -2.28. The number of hydrogen-bond donors (Lipinski definition) is 1. The van der Waals surface area contributed by atoms with Gasteiger partial charge in [0, 0.05) is 12.3 Å². The molecule has 1 heterocycles. The largest absolute Gasteiger partial charge is 0.497 e. The molecule has 2 aromatic rings. The van der Waals surface area contributed by atoms with Gasteiger partial charge in [-0.25, -0.2) is 8.42 Å². The van der Waals surface area contributed by atoms with Gasteiger partial charge < -0.3 is 10.1 Å². The Hall–Kier alpha value is -2.61. The van der Waals surface area contributed by atoms with Crippen molar-refractivity contribution in [3.8, 4) is 5.75 Å². The van der Waals surface area contributed by atoms with Gasteiger partial charge in [0.1, 0.15) is 11.8 Å². The second kappa shape index (κ2) is 7.31. The summed E-state index contributed by atoms with van der Waals surface area (Å²) in [6, 6.07) is 8.94. The molecule has 1 amide bonds. The highest BCUT2D eigenvalue weighted by Gasteiger charge is 2.29. The van der Waals surface area contributed by atoms with Crippen LogP contribution in [0.25, 0.3) is 0 Å². The first-order valence-corrected chi connectivity index (χ1v) is 9.02. The molecule has 2 rings (SSSR count). The van der Waals surface area contributed by atoms with E-state index in [1.807, 2.05) is 0 Å². The first-order chi connectivity index (χ1) is 11.3. The average Bonchev–Trinajstić information content (AvgIpc) is 2.54. The van der Waals surface area contributed by atoms with Gasteiger partial charge in [-0.05, 0) is 31.2 Å². The number of carbonyl (C=O) groups is 1. The third kappa shape index (κ3) is 4.23. The van der Waals surface area contributed by atoms with Crippen LogP contribution in [0.2, 0.25) is 0 Å². The van der Waals surface area contributed by atoms with E-state index in [0.717, 1.165) is 10.6 Å². The van der Waals surface area contributed by atoms with Crippen LogP contribution in [0.4, 0.5) is 11.4 Å². The molecule has 0 aliphatic heterocycles. The van der Waals surface area contributed by atoms with E-state index in [9.17, 15) is 13.2 Å². The van der Waals surface area contributed by atoms with Crippen LogP contribution < -0.4 is 14.4 Å². The van der Waals surface area contributed by atoms with E-state index in [2.05, 4.69) is 10.3 Å². The average molecular weight is 349 g/mol. The Labute approximate surface area is 141 Å². The molecule has 0 saturated carbocycles. The van der Waals surface area contributed by atoms with Crippen LogP contribution in [0.15, 0.2) is 48.8 Å². The number of nitrogens with zero attached hydrogens (tertiary/aromatic N) is 2. The number of pyridine rings is 1. The fourth-order valence-electron chi connectivity index (χ4n) is 2.24. The minimum Gasteiger partial charge on any atom is -0.497 e. The summed E-state index contributed by atoms with van der Waals surface area (Å²) in [5, 5.41) is 2.65. The van der Waals surface area contributed by atoms with Crippen LogP contribution in [0.5, 0.6) is 5.75 Å². The smallest absolute Gasteiger partial charge is 0.248 e. The summed E-state index contributed by atoms with van der Waals surface area (Å²) in [5.41, 5.74) is 0.846. The van der Waals surface area contributed by atoms with Crippen molar-refractivity contribution in [2.24, 2.45) is 0 Å². The molecule has 24 heavy (non-hydrogen) atoms. The maximum Gasteiger partial charge on any atom is 0.248 e. The van der Waals surface area contributed by atoms with Gasteiger partial charge in [-0.1, -0.05) is 6.07 Å². The maximum atomic E-state index is 12.5. The van der Waals surface area contributed by atoms with E-state index in [-0.39, 0.29) is 0 Å². The van der Waals surface area contributed by atoms with Crippen molar-refractivity contribution in [1.82, 2.24) is 4.98 Å². The minimum atomic E-state index is -3.68. The lowest BCUT2D eigenvalue weighted by molar-refractivity contribution is -0.116. The van der Waals surface area contributed by atoms with E-state index in [1.54, 1.807) is 42.6 Å². The van der Waals surface area contributed by atoms with Crippen LogP contribution in [0.3, 0.4) is 0 Å². The van der Waals surface area contributed by atoms with Gasteiger partial charge in [0.05, 0.1) is 30.9 Å². The highest BCUT2D eigenvalue weighted by Crippen LogP contribution is 2.25. The van der Waals surface area contributed by atoms with Gasteiger partial charge in [0.15, 0.2) is 0 Å². The number of sulfonamides is 1. The SMILES string of the molecule is COc1cccc(N([C@@H](C)C(=O)Nc2cccnc2)S(C)(=O)=O)c1. The fourth-order valence-corrected chi connectivity index (χ4v) is 3.41. The summed E-state index contributed by atoms with van der Waals surface area (Å²) in [6.07, 6.45) is 4.12. The molecule has 1 atom stereocenters. The number of methoxy groups -OCH3 is 1. The van der Waals surface area contributed by atoms with Gasteiger partial charge in [0.2, 0.25) is 15.9 Å². The molecule has 1 aromatic heterocycles. The van der Waals surface area contributed by atoms with E-state index in [4.69, 9.17) is 4.74 Å². The molecule has 0 unspecified atom stereocenters. The molecule has 0 radical (unpaired) electrons. The van der Waals surface area contributed by atoms with E-state index in [1.165, 1.54) is 20.2 Å². The maximum absolute atomic E-state index is 12.5. The molecule has 8 heteroatoms. The number of aromatic nitrogens is 1. The number of anilines is 2. The molecular weight excluding hydrogens is 330 g/mol. The summed E-state index contributed by atoms with van der Waals surface area (Å²) < 4.78 is 30.6. The van der Waals surface area contributed by atoms with Gasteiger partial charge >= 0.3 is 0 Å². The minimum absolute atomic E-state index is 0.352. The van der Waals surface area contributed by atoms with Crippen LogP contribution >= 0.6 is 0 Å². The van der Waals surface area contributed by atoms with Gasteiger partial charge in [-0.3, -0.25) is 14.1 Å². The Bertz CT molecular complexity index is 809. The quantitative estimate of drug-likeness (QED) is 0.860. The van der Waals surface area contributed by atoms with E-state index < -0.39 is 22.0 Å². The molecule has 1 aromatic carbocycles. The number of rotatable bonds is 6. The van der Waals surface area contributed by atoms with Crippen molar-refractivity contribution >= 4 is 27.3 Å². The second-order valence-electron chi connectivity index (χ2n) is 5.17. The van der Waals surface area contributed by atoms with Crippen LogP contribution in [0, 0.1) is 0 Å². The molecule has 0 saturated heterocycles. The fraction of sp³-hybridized carbons (Fsp3) is 0.250. The molecule has 7 nitrogen and oxygen atoms in total. The van der Waals surface area contributed by atoms with E-state index in [0.29, 0.717) is 17.1 Å². The third-order valence-electron chi connectivity index (χ3n) is 3.33. The van der Waals surface area contributed by atoms with Crippen molar-refractivity contribution in [3.05, 3.63) is 48.8 Å². The number of amides is 1. The van der Waals surface area contributed by atoms with Crippen molar-refractivity contribution in [1.29, 1.82) is 0 Å². The monoisotopic (exact) mass is 349 g/mol. The molecule has 128 valence electrons. The zero-order valence-electron chi connectivity index (χ0n) is 13.6. The zero-order valence-corrected chi connectivity index (χ0v) is 14.4. The highest BCUT2D eigenvalue weighted by atomic mass is 32.2. The van der Waals surface area contributed by atoms with Crippen LogP contribution in [-0.4, -0.2) is 38.7 Å². The number of nitrogens with one attached hydrogen (secondary N) is 1. The standard InChI is InChI=1S/C16H19N3O4S/c1-12(16(20)18-13-6-5-9-17-11-13)19(24(3,21)22)14-7-4-8-15(10-14)23-2/h4-12H,1-3H3,(H,18,20)/t12-/m0/s1. The van der Waals surface area contributed by atoms with Crippen LogP contribution in [-0.2, 0) is 14.8 Å². The lowest BCUT2D eigenvalue weighted by Crippen LogP contribution is -2.45. The van der Waals surface area contributed by atoms with Gasteiger partial charge in [-0.2, -0.15) is 0 Å². The highest BCUT2D eigenvalue weighted by molar-refractivity contribution is 7.92. The first-order valence-electron chi connectivity index (χ1n) is 7.17. The Balaban J connectivity index is 2.32. The predicted octanol–water partition coefficient (Wildman–Crippen LogP) is 1.88. The molecule has 0 aliphatic carbocycles. The third-order valence-corrected chi connectivity index (χ3v) is 4.57. The normalized spacial score (nSPS) is 12.3. The Kier molecular flexibility index (Phi) is 5.40. The Morgan fingerprint density at radius 1 is 1.29 bits per heavy atom. The molecule has 0 fully saturated rings. The zero-order chi connectivity index (χ0) is 17.7. The predicted molar refractivity (Wildman–Crippen MR) is 92.6 cm³/mol. The summed E-state index contributed by atoms with van der Waals surface area (Å²) >= 11 is 0. The van der Waals surface area contributed by atoms with Gasteiger partial charge in [0.25, 0.3) is 0 Å². The van der Waals surface area contributed by atoms with Crippen LogP contribution in [0.1, 0.15) is 6.92 Å². The molecule has 0 spiro atoms. The second-order valence-corrected chi connectivity index (χ2v) is 7.03. The number of benzene rings is 1. The Morgan fingerprint density at radius 2 is 2.04 bits per heavy atom. The molecule has 0 aliphatic rings. The topological polar surface area (TPSA) is 88.6 Å². The summed E-state index contributed by atoms with van der Waals surface area (Å²) in [7, 11) is -2.19. The summed E-state index contributed by atoms with van der Waals surface area (Å²) in [6.45, 7) is 1.52. The first kappa shape index (κ1) is 17.7. The van der Waals surface area contributed by atoms with Crippen molar-refractivity contribution in [2.45, 2.75) is 13.0 Å². The van der Waals surface area contributed by atoms with Crippen molar-refractivity contribution in [2.75, 3.05) is 23.0 Å². The van der Waals surface area contributed by atoms with Crippen molar-refractivity contribution < 1.29 is 17.9 Å². The lowest BCUT2D eigenvalue weighted by atomic mass is 10.2. The molecule has 1 N–H and O–H groups in total. The summed E-state index contributed by atoms with van der Waals surface area (Å²) in [4.78, 5) is 16.4.